The summed E-state index contributed by atoms with van der Waals surface area (Å²) < 4.78 is 69.8. The minimum atomic E-state index is -4.79. The minimum Gasteiger partial charge on any atom is -0.423 e. The highest BCUT2D eigenvalue weighted by atomic mass is 32.2. The quantitative estimate of drug-likeness (QED) is 0.503. The number of alkyl halides is 3. The zero-order chi connectivity index (χ0) is 17.8. The molecule has 128 valence electrons. The van der Waals surface area contributed by atoms with Crippen LogP contribution in [0.15, 0.2) is 29.2 Å². The van der Waals surface area contributed by atoms with Crippen molar-refractivity contribution < 1.29 is 31.1 Å². The molecule has 5 nitrogen and oxygen atoms in total. The van der Waals surface area contributed by atoms with Crippen LogP contribution in [0.4, 0.5) is 13.2 Å². The van der Waals surface area contributed by atoms with E-state index in [0.29, 0.717) is 12.1 Å². The second-order valence-electron chi connectivity index (χ2n) is 4.43. The predicted molar refractivity (Wildman–Crippen MR) is 77.5 cm³/mol. The summed E-state index contributed by atoms with van der Waals surface area (Å²) in [5.41, 5.74) is -1.22. The third-order valence-corrected chi connectivity index (χ3v) is 4.40. The molecular formula is C14H16F3NO4S. The molecule has 0 spiro atoms. The van der Waals surface area contributed by atoms with Gasteiger partial charge in [0.1, 0.15) is 5.75 Å². The molecule has 0 aliphatic rings. The Morgan fingerprint density at radius 2 is 1.96 bits per heavy atom. The van der Waals surface area contributed by atoms with Crippen LogP contribution in [-0.4, -0.2) is 21.4 Å². The van der Waals surface area contributed by atoms with Gasteiger partial charge in [0, 0.05) is 11.6 Å². The molecular weight excluding hydrogens is 335 g/mol. The van der Waals surface area contributed by atoms with Gasteiger partial charge in [-0.25, -0.2) is 17.9 Å². The summed E-state index contributed by atoms with van der Waals surface area (Å²) in [6.07, 6.45) is -2.35. The van der Waals surface area contributed by atoms with Crippen LogP contribution < -0.4 is 9.46 Å². The molecule has 0 saturated heterocycles. The second kappa shape index (κ2) is 7.14. The normalized spacial score (nSPS) is 12.6. The van der Waals surface area contributed by atoms with Gasteiger partial charge < -0.3 is 4.74 Å². The number of halogens is 3. The summed E-state index contributed by atoms with van der Waals surface area (Å²) in [7, 11) is -3.07. The maximum atomic E-state index is 13.0. The van der Waals surface area contributed by atoms with Gasteiger partial charge in [-0.1, -0.05) is 13.0 Å². The average Bonchev–Trinajstić information content (AvgIpc) is 2.45. The molecule has 9 heteroatoms. The Labute approximate surface area is 132 Å². The molecule has 0 aromatic heterocycles. The zero-order valence-corrected chi connectivity index (χ0v) is 13.5. The number of benzene rings is 1. The van der Waals surface area contributed by atoms with E-state index >= 15 is 0 Å². The first-order chi connectivity index (χ1) is 10.6. The number of rotatable bonds is 5. The molecule has 0 amide bonds. The van der Waals surface area contributed by atoms with E-state index in [1.165, 1.54) is 13.0 Å². The molecule has 0 aliphatic carbocycles. The lowest BCUT2D eigenvalue weighted by Crippen LogP contribution is -2.22. The molecule has 0 heterocycles. The van der Waals surface area contributed by atoms with Gasteiger partial charge in [-0.3, -0.25) is 0 Å². The Bertz CT molecular complexity index is 724. The Hall–Kier alpha value is -1.87. The second-order valence-corrected chi connectivity index (χ2v) is 6.29. The van der Waals surface area contributed by atoms with E-state index in [0.717, 1.165) is 13.1 Å². The van der Waals surface area contributed by atoms with E-state index in [1.54, 1.807) is 6.92 Å². The first-order valence-corrected chi connectivity index (χ1v) is 8.07. The van der Waals surface area contributed by atoms with Crippen LogP contribution in [0.5, 0.6) is 5.75 Å². The minimum absolute atomic E-state index is 0.00907. The molecule has 0 bridgehead atoms. The zero-order valence-electron chi connectivity index (χ0n) is 12.7. The lowest BCUT2D eigenvalue weighted by atomic mass is 10.1. The van der Waals surface area contributed by atoms with E-state index in [4.69, 9.17) is 4.74 Å². The number of ether oxygens (including phenoxy) is 1. The molecule has 0 fully saturated rings. The van der Waals surface area contributed by atoms with Crippen LogP contribution >= 0.6 is 0 Å². The van der Waals surface area contributed by atoms with E-state index in [9.17, 15) is 26.4 Å². The van der Waals surface area contributed by atoms with Crippen molar-refractivity contribution in [1.29, 1.82) is 0 Å². The maximum absolute atomic E-state index is 13.0. The third-order valence-electron chi connectivity index (χ3n) is 2.92. The molecule has 0 radical (unpaired) electrons. The Morgan fingerprint density at radius 1 is 1.35 bits per heavy atom. The van der Waals surface area contributed by atoms with E-state index in [2.05, 4.69) is 0 Å². The lowest BCUT2D eigenvalue weighted by molar-refractivity contribution is -0.138. The number of esters is 1. The van der Waals surface area contributed by atoms with Crippen molar-refractivity contribution in [2.24, 2.45) is 0 Å². The fraction of sp³-hybridized carbons (Fsp3) is 0.357. The lowest BCUT2D eigenvalue weighted by Gasteiger charge is -2.16. The smallest absolute Gasteiger partial charge is 0.416 e. The van der Waals surface area contributed by atoms with E-state index in [1.807, 2.05) is 4.72 Å². The molecule has 0 aliphatic heterocycles. The molecule has 0 saturated carbocycles. The van der Waals surface area contributed by atoms with Crippen molar-refractivity contribution in [3.63, 3.8) is 0 Å². The number of nitrogens with one attached hydrogen (secondary N) is 1. The van der Waals surface area contributed by atoms with Crippen molar-refractivity contribution in [2.75, 3.05) is 7.05 Å². The fourth-order valence-corrected chi connectivity index (χ4v) is 2.92. The standard InChI is InChI=1S/C14H16F3NO4S/c1-4-6-13(19)22-11-7-9(14(15,16)17)8-12(10(11)5-2)23(20,21)18-3/h4,6-8,18H,5H2,1-3H3. The highest BCUT2D eigenvalue weighted by Crippen LogP contribution is 2.37. The van der Waals surface area contributed by atoms with Crippen LogP contribution in [0.2, 0.25) is 0 Å². The van der Waals surface area contributed by atoms with Crippen molar-refractivity contribution in [2.45, 2.75) is 31.3 Å². The first kappa shape index (κ1) is 19.2. The summed E-state index contributed by atoms with van der Waals surface area (Å²) in [6.45, 7) is 3.08. The summed E-state index contributed by atoms with van der Waals surface area (Å²) in [5, 5.41) is 0. The van der Waals surface area contributed by atoms with Crippen LogP contribution in [0, 0.1) is 0 Å². The first-order valence-electron chi connectivity index (χ1n) is 6.59. The van der Waals surface area contributed by atoms with Crippen molar-refractivity contribution in [3.05, 3.63) is 35.4 Å². The highest BCUT2D eigenvalue weighted by Gasteiger charge is 2.34. The van der Waals surface area contributed by atoms with Gasteiger partial charge in [-0.2, -0.15) is 13.2 Å². The Morgan fingerprint density at radius 3 is 2.39 bits per heavy atom. The number of carbonyl (C=O) groups excluding carboxylic acids is 1. The summed E-state index contributed by atoms with van der Waals surface area (Å²) >= 11 is 0. The van der Waals surface area contributed by atoms with Gasteiger partial charge in [-0.05, 0) is 32.5 Å². The summed E-state index contributed by atoms with van der Waals surface area (Å²) in [4.78, 5) is 10.9. The van der Waals surface area contributed by atoms with Crippen LogP contribution in [0.1, 0.15) is 25.0 Å². The highest BCUT2D eigenvalue weighted by molar-refractivity contribution is 7.89. The molecule has 23 heavy (non-hydrogen) atoms. The number of hydrogen-bond acceptors (Lipinski definition) is 4. The van der Waals surface area contributed by atoms with Gasteiger partial charge in [0.2, 0.25) is 10.0 Å². The predicted octanol–water partition coefficient (Wildman–Crippen LogP) is 2.66. The average molecular weight is 351 g/mol. The van der Waals surface area contributed by atoms with Gasteiger partial charge in [-0.15, -0.1) is 0 Å². The van der Waals surface area contributed by atoms with Gasteiger partial charge in [0.25, 0.3) is 0 Å². The topological polar surface area (TPSA) is 72.5 Å². The summed E-state index contributed by atoms with van der Waals surface area (Å²) in [5.74, 6) is -1.33. The number of sulfonamides is 1. The Balaban J connectivity index is 3.66. The molecule has 1 rings (SSSR count). The molecule has 1 aromatic carbocycles. The fourth-order valence-electron chi connectivity index (χ4n) is 1.85. The van der Waals surface area contributed by atoms with Crippen LogP contribution in [0.25, 0.3) is 0 Å². The van der Waals surface area contributed by atoms with Gasteiger partial charge >= 0.3 is 12.1 Å². The molecule has 1 N–H and O–H groups in total. The van der Waals surface area contributed by atoms with Crippen LogP contribution in [-0.2, 0) is 27.4 Å². The van der Waals surface area contributed by atoms with Gasteiger partial charge in [0.05, 0.1) is 10.5 Å². The van der Waals surface area contributed by atoms with Crippen molar-refractivity contribution >= 4 is 16.0 Å². The number of allylic oxidation sites excluding steroid dienone is 1. The molecule has 1 aromatic rings. The third kappa shape index (κ3) is 4.55. The molecule has 0 atom stereocenters. The Kier molecular flexibility index (Phi) is 5.95. The van der Waals surface area contributed by atoms with E-state index in [-0.39, 0.29) is 12.0 Å². The van der Waals surface area contributed by atoms with E-state index < -0.39 is 38.4 Å². The SMILES string of the molecule is CC=CC(=O)Oc1cc(C(F)(F)F)cc(S(=O)(=O)NC)c1CC. The maximum Gasteiger partial charge on any atom is 0.416 e. The van der Waals surface area contributed by atoms with Gasteiger partial charge in [0.15, 0.2) is 0 Å². The number of carbonyl (C=O) groups is 1. The van der Waals surface area contributed by atoms with Crippen molar-refractivity contribution in [3.8, 4) is 5.75 Å². The molecule has 0 unspecified atom stereocenters. The number of hydrogen-bond donors (Lipinski definition) is 1. The monoisotopic (exact) mass is 351 g/mol. The van der Waals surface area contributed by atoms with Crippen molar-refractivity contribution in [1.82, 2.24) is 4.72 Å². The largest absolute Gasteiger partial charge is 0.423 e. The summed E-state index contributed by atoms with van der Waals surface area (Å²) in [6, 6.07) is 1.15. The van der Waals surface area contributed by atoms with Crippen LogP contribution in [0.3, 0.4) is 0 Å².